The van der Waals surface area contributed by atoms with Crippen molar-refractivity contribution in [1.29, 1.82) is 0 Å². The Kier molecular flexibility index (Phi) is 11.0. The lowest BCUT2D eigenvalue weighted by Gasteiger charge is -2.40. The zero-order chi connectivity index (χ0) is 28.9. The molecule has 0 aliphatic carbocycles. The van der Waals surface area contributed by atoms with Crippen LogP contribution in [0.4, 0.5) is 0 Å². The average molecular weight is 547 g/mol. The Morgan fingerprint density at radius 2 is 1.15 bits per heavy atom. The molecule has 2 heterocycles. The van der Waals surface area contributed by atoms with Crippen LogP contribution in [0.1, 0.15) is 52.0 Å². The van der Waals surface area contributed by atoms with E-state index in [1.165, 1.54) is 0 Å². The lowest BCUT2D eigenvalue weighted by molar-refractivity contribution is -0.231. The Labute approximate surface area is 227 Å². The monoisotopic (exact) mass is 546 g/mol. The first-order valence-corrected chi connectivity index (χ1v) is 12.7. The summed E-state index contributed by atoms with van der Waals surface area (Å²) in [6, 6.07) is 10.9. The van der Waals surface area contributed by atoms with Gasteiger partial charge in [0.05, 0.1) is 25.4 Å². The number of hydrogen-bond acceptors (Lipinski definition) is 10. The molecule has 0 saturated carbocycles. The van der Waals surface area contributed by atoms with Crippen LogP contribution in [0.2, 0.25) is 0 Å². The van der Waals surface area contributed by atoms with Gasteiger partial charge in [0.25, 0.3) is 0 Å². The normalized spacial score (nSPS) is 32.4. The zero-order valence-electron chi connectivity index (χ0n) is 22.2. The van der Waals surface area contributed by atoms with Crippen LogP contribution in [-0.2, 0) is 9.47 Å². The lowest BCUT2D eigenvalue weighted by atomic mass is 9.89. The first-order chi connectivity index (χ1) is 18.6. The highest BCUT2D eigenvalue weighted by Crippen LogP contribution is 2.35. The SMILES string of the molecule is CO.Cc1cc(C#Cc2ccc([C@H]3OC(CO)[C@@H](O)C(O)C3O)c(C)c2)ccc1[C@H]1OC(CO)[C@@H](O)CC1O. The van der Waals surface area contributed by atoms with Crippen LogP contribution in [0.15, 0.2) is 36.4 Å². The first-order valence-electron chi connectivity index (χ1n) is 12.7. The number of aryl methyl sites for hydroxylation is 2. The molecule has 39 heavy (non-hydrogen) atoms. The average Bonchev–Trinajstić information content (AvgIpc) is 2.93. The number of hydrogen-bond donors (Lipinski definition) is 8. The summed E-state index contributed by atoms with van der Waals surface area (Å²) in [7, 11) is 1.00. The zero-order valence-corrected chi connectivity index (χ0v) is 22.2. The van der Waals surface area contributed by atoms with Gasteiger partial charge in [-0.1, -0.05) is 24.0 Å². The lowest BCUT2D eigenvalue weighted by Crippen LogP contribution is -2.55. The second kappa shape index (κ2) is 13.8. The minimum absolute atomic E-state index is 0.120. The third-order valence-corrected chi connectivity index (χ3v) is 7.16. The molecule has 2 aliphatic rings. The van der Waals surface area contributed by atoms with Gasteiger partial charge in [0.2, 0.25) is 0 Å². The minimum Gasteiger partial charge on any atom is -0.400 e. The molecule has 4 rings (SSSR count). The van der Waals surface area contributed by atoms with Crippen molar-refractivity contribution in [1.82, 2.24) is 0 Å². The minimum atomic E-state index is -1.44. The molecule has 0 amide bonds. The van der Waals surface area contributed by atoms with Crippen molar-refractivity contribution in [2.75, 3.05) is 20.3 Å². The van der Waals surface area contributed by atoms with Gasteiger partial charge in [-0.15, -0.1) is 0 Å². The van der Waals surface area contributed by atoms with Crippen LogP contribution >= 0.6 is 0 Å². The van der Waals surface area contributed by atoms with E-state index < -0.39 is 61.5 Å². The van der Waals surface area contributed by atoms with Gasteiger partial charge in [0.15, 0.2) is 0 Å². The van der Waals surface area contributed by atoms with E-state index in [2.05, 4.69) is 11.8 Å². The molecule has 214 valence electrons. The van der Waals surface area contributed by atoms with Gasteiger partial charge in [-0.2, -0.15) is 0 Å². The van der Waals surface area contributed by atoms with Gasteiger partial charge in [0.1, 0.15) is 42.7 Å². The fraction of sp³-hybridized carbons (Fsp3) is 0.517. The van der Waals surface area contributed by atoms with Crippen LogP contribution < -0.4 is 0 Å². The number of rotatable bonds is 4. The molecule has 0 bridgehead atoms. The van der Waals surface area contributed by atoms with Crippen LogP contribution in [0.25, 0.3) is 0 Å². The number of benzene rings is 2. The molecule has 0 radical (unpaired) electrons. The van der Waals surface area contributed by atoms with Gasteiger partial charge in [0, 0.05) is 24.7 Å². The predicted molar refractivity (Wildman–Crippen MR) is 141 cm³/mol. The molecule has 2 aromatic rings. The molecule has 2 fully saturated rings. The van der Waals surface area contributed by atoms with Gasteiger partial charge in [-0.05, 0) is 60.4 Å². The maximum atomic E-state index is 10.4. The van der Waals surface area contributed by atoms with Crippen molar-refractivity contribution in [2.45, 2.75) is 75.2 Å². The summed E-state index contributed by atoms with van der Waals surface area (Å²) in [5, 5.41) is 76.8. The number of aliphatic hydroxyl groups excluding tert-OH is 8. The highest BCUT2D eigenvalue weighted by Gasteiger charge is 2.44. The van der Waals surface area contributed by atoms with Gasteiger partial charge in [-0.25, -0.2) is 0 Å². The van der Waals surface area contributed by atoms with E-state index in [4.69, 9.17) is 14.6 Å². The molecule has 5 unspecified atom stereocenters. The summed E-state index contributed by atoms with van der Waals surface area (Å²) in [4.78, 5) is 0. The largest absolute Gasteiger partial charge is 0.400 e. The topological polar surface area (TPSA) is 180 Å². The van der Waals surface area contributed by atoms with E-state index in [0.29, 0.717) is 5.56 Å². The number of aliphatic hydroxyl groups is 8. The van der Waals surface area contributed by atoms with Crippen LogP contribution in [0.3, 0.4) is 0 Å². The van der Waals surface area contributed by atoms with Crippen LogP contribution in [0.5, 0.6) is 0 Å². The molecule has 9 atom stereocenters. The Bertz CT molecular complexity index is 1160. The second-order valence-corrected chi connectivity index (χ2v) is 9.79. The first kappa shape index (κ1) is 31.1. The van der Waals surface area contributed by atoms with E-state index in [1.807, 2.05) is 38.1 Å². The van der Waals surface area contributed by atoms with E-state index in [9.17, 15) is 35.7 Å². The molecular weight excluding hydrogens is 508 g/mol. The van der Waals surface area contributed by atoms with E-state index in [1.54, 1.807) is 12.1 Å². The summed E-state index contributed by atoms with van der Waals surface area (Å²) in [6.45, 7) is 2.89. The van der Waals surface area contributed by atoms with E-state index in [0.717, 1.165) is 34.9 Å². The van der Waals surface area contributed by atoms with Crippen molar-refractivity contribution in [3.8, 4) is 11.8 Å². The maximum absolute atomic E-state index is 10.4. The summed E-state index contributed by atoms with van der Waals surface area (Å²) in [5.74, 6) is 6.22. The summed E-state index contributed by atoms with van der Waals surface area (Å²) >= 11 is 0. The molecule has 0 spiro atoms. The Balaban J connectivity index is 0.00000205. The third-order valence-electron chi connectivity index (χ3n) is 7.16. The van der Waals surface area contributed by atoms with Crippen molar-refractivity contribution in [3.05, 3.63) is 69.8 Å². The quantitative estimate of drug-likeness (QED) is 0.230. The smallest absolute Gasteiger partial charge is 0.113 e. The van der Waals surface area contributed by atoms with Gasteiger partial charge in [-0.3, -0.25) is 0 Å². The van der Waals surface area contributed by atoms with Gasteiger partial charge >= 0.3 is 0 Å². The van der Waals surface area contributed by atoms with Crippen molar-refractivity contribution in [3.63, 3.8) is 0 Å². The molecule has 2 aromatic carbocycles. The van der Waals surface area contributed by atoms with Crippen LogP contribution in [-0.4, -0.2) is 104 Å². The van der Waals surface area contributed by atoms with E-state index in [-0.39, 0.29) is 13.0 Å². The molecule has 10 nitrogen and oxygen atoms in total. The van der Waals surface area contributed by atoms with Crippen molar-refractivity contribution < 1.29 is 50.3 Å². The fourth-order valence-electron chi connectivity index (χ4n) is 4.99. The van der Waals surface area contributed by atoms with Crippen molar-refractivity contribution in [2.24, 2.45) is 0 Å². The third kappa shape index (κ3) is 6.85. The molecule has 2 aliphatic heterocycles. The summed E-state index contributed by atoms with van der Waals surface area (Å²) < 4.78 is 11.4. The Morgan fingerprint density at radius 3 is 1.64 bits per heavy atom. The summed E-state index contributed by atoms with van der Waals surface area (Å²) in [6.07, 6.45) is -9.18. The molecule has 2 saturated heterocycles. The second-order valence-electron chi connectivity index (χ2n) is 9.79. The number of ether oxygens (including phenoxy) is 2. The van der Waals surface area contributed by atoms with Crippen LogP contribution in [0, 0.1) is 25.7 Å². The Hall–Kier alpha value is -2.40. The fourth-order valence-corrected chi connectivity index (χ4v) is 4.99. The van der Waals surface area contributed by atoms with Crippen molar-refractivity contribution >= 4 is 0 Å². The summed E-state index contributed by atoms with van der Waals surface area (Å²) in [5.41, 5.74) is 4.49. The maximum Gasteiger partial charge on any atom is 0.113 e. The highest BCUT2D eigenvalue weighted by molar-refractivity contribution is 5.48. The molecule has 8 N–H and O–H groups in total. The van der Waals surface area contributed by atoms with E-state index >= 15 is 0 Å². The standard InChI is InChI=1S/C28H34O9.CH4O/c1-14-9-16(5-7-18(14)27-21(32)11-20(31)22(12-29)36-27)3-4-17-6-8-19(15(2)10-17)28-26(35)25(34)24(33)23(13-30)37-28;1-2/h5-10,20-35H,11-13H2,1-2H3;2H,1H3/t20-,21?,22?,23?,24+,25?,26?,27+,28+;/m0./s1. The molecular formula is C29H38O10. The predicted octanol–water partition coefficient (Wildman–Crippen LogP) is -0.629. The molecule has 10 heteroatoms. The molecule has 0 aromatic heterocycles. The Morgan fingerprint density at radius 1 is 0.667 bits per heavy atom. The van der Waals surface area contributed by atoms with Gasteiger partial charge < -0.3 is 50.3 Å². The highest BCUT2D eigenvalue weighted by atomic mass is 16.5.